The van der Waals surface area contributed by atoms with E-state index in [1.165, 1.54) is 36.4 Å². The molecular weight excluding hydrogens is 633 g/mol. The number of thioether (sulfide) groups is 1. The molecule has 11 heteroatoms. The number of ether oxygens (including phenoxy) is 2. The molecule has 2 aromatic carbocycles. The van der Waals surface area contributed by atoms with Crippen LogP contribution in [0.15, 0.2) is 66.3 Å². The number of aromatic hydroxyl groups is 1. The molecule has 3 fully saturated rings. The van der Waals surface area contributed by atoms with E-state index in [1.54, 1.807) is 38.1 Å². The number of halogens is 2. The molecule has 7 atom stereocenters. The lowest BCUT2D eigenvalue weighted by Gasteiger charge is -2.62. The van der Waals surface area contributed by atoms with E-state index in [4.69, 9.17) is 21.1 Å². The highest BCUT2D eigenvalue weighted by molar-refractivity contribution is 8.14. The number of rotatable bonds is 6. The zero-order chi connectivity index (χ0) is 33.1. The Hall–Kier alpha value is -3.65. The van der Waals surface area contributed by atoms with Gasteiger partial charge in [0.2, 0.25) is 5.12 Å². The number of hydrogen-bond acceptors (Lipinski definition) is 9. The number of aliphatic hydroxyl groups is 1. The van der Waals surface area contributed by atoms with Gasteiger partial charge in [-0.15, -0.1) is 0 Å². The van der Waals surface area contributed by atoms with E-state index in [0.717, 1.165) is 11.8 Å². The maximum absolute atomic E-state index is 17.6. The molecule has 2 N–H and O–H groups in total. The Balaban J connectivity index is 1.31. The number of carbonyl (C=O) groups excluding carboxylic acids is 3. The third-order valence-corrected chi connectivity index (χ3v) is 12.1. The second-order valence-corrected chi connectivity index (χ2v) is 14.3. The van der Waals surface area contributed by atoms with Crippen molar-refractivity contribution >= 4 is 40.2 Å². The van der Waals surface area contributed by atoms with E-state index in [1.807, 2.05) is 6.07 Å². The lowest BCUT2D eigenvalue weighted by atomic mass is 9.45. The van der Waals surface area contributed by atoms with Crippen LogP contribution in [0.1, 0.15) is 56.3 Å². The van der Waals surface area contributed by atoms with Gasteiger partial charge in [0.05, 0.1) is 28.5 Å². The topological polar surface area (TPSA) is 134 Å². The minimum atomic E-state index is -2.10. The van der Waals surface area contributed by atoms with Crippen LogP contribution in [0.5, 0.6) is 17.2 Å². The Morgan fingerprint density at radius 1 is 1.13 bits per heavy atom. The van der Waals surface area contributed by atoms with Crippen LogP contribution in [0.3, 0.4) is 0 Å². The van der Waals surface area contributed by atoms with E-state index in [9.17, 15) is 29.9 Å². The predicted octanol–water partition coefficient (Wildman–Crippen LogP) is 6.89. The summed E-state index contributed by atoms with van der Waals surface area (Å²) < 4.78 is 29.5. The van der Waals surface area contributed by atoms with Crippen LogP contribution in [0.25, 0.3) is 0 Å². The van der Waals surface area contributed by atoms with Gasteiger partial charge in [-0.1, -0.05) is 41.9 Å². The zero-order valence-corrected chi connectivity index (χ0v) is 26.9. The molecule has 4 aliphatic carbocycles. The SMILES string of the molecule is C[C@]12C=CC(=O)C=C1CCC1C3CC[C@](OC(=O)c4ccc(Oc5ccc(Cl)c(O)c5)cc4)(C(=O)SCC#N)[C@@]3(C)C[C@H](O)C12F. The molecule has 3 unspecified atom stereocenters. The number of aliphatic hydroxyl groups excluding tert-OH is 1. The Morgan fingerprint density at radius 3 is 2.54 bits per heavy atom. The fraction of sp³-hybridized carbons (Fsp3) is 0.429. The number of alkyl halides is 1. The largest absolute Gasteiger partial charge is 0.506 e. The summed E-state index contributed by atoms with van der Waals surface area (Å²) in [5.74, 6) is -1.67. The fourth-order valence-corrected chi connectivity index (χ4v) is 9.45. The molecule has 0 aliphatic heterocycles. The molecule has 2 aromatic rings. The normalized spacial score (nSPS) is 34.4. The van der Waals surface area contributed by atoms with Crippen molar-refractivity contribution in [3.63, 3.8) is 0 Å². The standard InChI is InChI=1S/C35H33ClFNO7S/c1-32-13-11-22(39)17-21(32)5-9-26-25-12-14-34(31(43)46-16-15-38,33(25,2)19-29(41)35(26,32)37)45-30(42)20-3-6-23(7-4-20)44-24-8-10-27(36)28(40)18-24/h3-4,6-8,10-11,13,17-18,25-26,29,40-41H,5,9,12,14,16,19H2,1-2H3/t25?,26?,29-,32-,33-,34-,35?/m0/s1. The highest BCUT2D eigenvalue weighted by Gasteiger charge is 2.75. The molecule has 0 bridgehead atoms. The van der Waals surface area contributed by atoms with Crippen molar-refractivity contribution in [2.75, 3.05) is 5.75 Å². The summed E-state index contributed by atoms with van der Waals surface area (Å²) in [7, 11) is 0. The van der Waals surface area contributed by atoms with Gasteiger partial charge in [0.25, 0.3) is 0 Å². The zero-order valence-electron chi connectivity index (χ0n) is 25.3. The van der Waals surface area contributed by atoms with Gasteiger partial charge in [-0.2, -0.15) is 5.26 Å². The van der Waals surface area contributed by atoms with Crippen LogP contribution in [0.4, 0.5) is 4.39 Å². The molecule has 0 amide bonds. The van der Waals surface area contributed by atoms with Crippen molar-refractivity contribution in [1.82, 2.24) is 0 Å². The van der Waals surface area contributed by atoms with Gasteiger partial charge in [-0.3, -0.25) is 9.59 Å². The first-order valence-electron chi connectivity index (χ1n) is 15.1. The number of ketones is 1. The third-order valence-electron chi connectivity index (χ3n) is 10.9. The molecule has 0 aromatic heterocycles. The smallest absolute Gasteiger partial charge is 0.339 e. The molecule has 0 spiro atoms. The summed E-state index contributed by atoms with van der Waals surface area (Å²) in [5.41, 5.74) is -5.35. The van der Waals surface area contributed by atoms with Crippen LogP contribution < -0.4 is 4.74 Å². The summed E-state index contributed by atoms with van der Waals surface area (Å²) in [4.78, 5) is 39.9. The molecule has 8 nitrogen and oxygen atoms in total. The van der Waals surface area contributed by atoms with Crippen LogP contribution in [-0.4, -0.2) is 50.2 Å². The van der Waals surface area contributed by atoms with Crippen molar-refractivity contribution < 1.29 is 38.5 Å². The number of allylic oxidation sites excluding steroid dienone is 4. The van der Waals surface area contributed by atoms with E-state index in [0.29, 0.717) is 36.3 Å². The average Bonchev–Trinajstić information content (AvgIpc) is 3.31. The highest BCUT2D eigenvalue weighted by atomic mass is 35.5. The van der Waals surface area contributed by atoms with Gasteiger partial charge in [0.1, 0.15) is 17.2 Å². The summed E-state index contributed by atoms with van der Waals surface area (Å²) in [6.45, 7) is 3.51. The van der Waals surface area contributed by atoms with Crippen molar-refractivity contribution in [2.45, 2.75) is 63.3 Å². The summed E-state index contributed by atoms with van der Waals surface area (Å²) >= 11 is 6.62. The molecule has 0 radical (unpaired) electrons. The summed E-state index contributed by atoms with van der Waals surface area (Å²) in [5, 5.41) is 30.5. The summed E-state index contributed by atoms with van der Waals surface area (Å²) in [6, 6.07) is 12.4. The average molecular weight is 666 g/mol. The van der Waals surface area contributed by atoms with Crippen molar-refractivity contribution in [3.05, 3.63) is 76.9 Å². The van der Waals surface area contributed by atoms with Crippen molar-refractivity contribution in [1.29, 1.82) is 5.26 Å². The number of phenolic OH excluding ortho intramolecular Hbond substituents is 1. The van der Waals surface area contributed by atoms with Gasteiger partial charge in [0.15, 0.2) is 17.1 Å². The first-order chi connectivity index (χ1) is 21.8. The van der Waals surface area contributed by atoms with E-state index >= 15 is 4.39 Å². The maximum atomic E-state index is 17.6. The van der Waals surface area contributed by atoms with Gasteiger partial charge < -0.3 is 19.7 Å². The quantitative estimate of drug-likeness (QED) is 0.316. The van der Waals surface area contributed by atoms with E-state index in [-0.39, 0.29) is 40.7 Å². The molecule has 3 saturated carbocycles. The number of hydrogen-bond donors (Lipinski definition) is 2. The second-order valence-electron chi connectivity index (χ2n) is 13.0. The Morgan fingerprint density at radius 2 is 1.85 bits per heavy atom. The van der Waals surface area contributed by atoms with Gasteiger partial charge in [0, 0.05) is 22.8 Å². The second kappa shape index (κ2) is 11.5. The molecule has 4 aliphatic rings. The van der Waals surface area contributed by atoms with Gasteiger partial charge >= 0.3 is 5.97 Å². The number of nitriles is 1. The highest BCUT2D eigenvalue weighted by Crippen LogP contribution is 2.70. The monoisotopic (exact) mass is 665 g/mol. The maximum Gasteiger partial charge on any atom is 0.339 e. The number of esters is 1. The minimum absolute atomic E-state index is 0.117. The molecule has 0 heterocycles. The minimum Gasteiger partial charge on any atom is -0.506 e. The fourth-order valence-electron chi connectivity index (χ4n) is 8.53. The molecule has 46 heavy (non-hydrogen) atoms. The predicted molar refractivity (Wildman–Crippen MR) is 169 cm³/mol. The molecule has 6 rings (SSSR count). The van der Waals surface area contributed by atoms with Gasteiger partial charge in [-0.05, 0) is 93.5 Å². The van der Waals surface area contributed by atoms with Crippen LogP contribution in [0, 0.1) is 34.0 Å². The van der Waals surface area contributed by atoms with E-state index in [2.05, 4.69) is 0 Å². The van der Waals surface area contributed by atoms with Crippen LogP contribution >= 0.6 is 23.4 Å². The number of phenols is 1. The first-order valence-corrected chi connectivity index (χ1v) is 16.5. The third kappa shape index (κ3) is 4.78. The Labute approximate surface area is 275 Å². The lowest BCUT2D eigenvalue weighted by Crippen LogP contribution is -2.69. The van der Waals surface area contributed by atoms with Crippen LogP contribution in [-0.2, 0) is 14.3 Å². The Bertz CT molecular complexity index is 1720. The molecular formula is C35H33ClFNO7S. The van der Waals surface area contributed by atoms with Crippen LogP contribution in [0.2, 0.25) is 5.02 Å². The summed E-state index contributed by atoms with van der Waals surface area (Å²) in [6.07, 6.45) is 4.06. The first kappa shape index (κ1) is 32.3. The molecule has 0 saturated heterocycles. The van der Waals surface area contributed by atoms with Crippen molar-refractivity contribution in [2.24, 2.45) is 22.7 Å². The Kier molecular flexibility index (Phi) is 8.11. The number of fused-ring (bicyclic) bond motifs is 5. The van der Waals surface area contributed by atoms with Crippen molar-refractivity contribution in [3.8, 4) is 23.3 Å². The van der Waals surface area contributed by atoms with Gasteiger partial charge in [-0.25, -0.2) is 9.18 Å². The number of nitrogens with zero attached hydrogens (tertiary/aromatic N) is 1. The molecule has 240 valence electrons. The lowest BCUT2D eigenvalue weighted by molar-refractivity contribution is -0.214. The van der Waals surface area contributed by atoms with E-state index < -0.39 is 51.1 Å². The number of carbonyl (C=O) groups is 3. The number of benzene rings is 2.